The van der Waals surface area contributed by atoms with Crippen LogP contribution in [0, 0.1) is 6.92 Å². The van der Waals surface area contributed by atoms with Crippen molar-refractivity contribution in [2.75, 3.05) is 18.4 Å². The molecule has 0 bridgehead atoms. The number of hydrogen-bond donors (Lipinski definition) is 2. The predicted octanol–water partition coefficient (Wildman–Crippen LogP) is 1.18. The highest BCUT2D eigenvalue weighted by Gasteiger charge is 2.12. The number of amides is 1. The zero-order chi connectivity index (χ0) is 14.4. The lowest BCUT2D eigenvalue weighted by Crippen LogP contribution is -2.27. The van der Waals surface area contributed by atoms with Gasteiger partial charge in [0.05, 0.1) is 11.3 Å². The van der Waals surface area contributed by atoms with Crippen LogP contribution in [0.3, 0.4) is 0 Å². The number of anilines is 1. The molecular weight excluding hydrogens is 258 g/mol. The highest BCUT2D eigenvalue weighted by molar-refractivity contribution is 5.99. The minimum atomic E-state index is -0.169. The van der Waals surface area contributed by atoms with Crippen molar-refractivity contribution < 1.29 is 9.32 Å². The molecule has 0 aliphatic rings. The van der Waals surface area contributed by atoms with Crippen molar-refractivity contribution in [3.05, 3.63) is 35.7 Å². The summed E-state index contributed by atoms with van der Waals surface area (Å²) in [5.74, 6) is 0.399. The van der Waals surface area contributed by atoms with Crippen LogP contribution in [0.4, 0.5) is 5.69 Å². The van der Waals surface area contributed by atoms with Gasteiger partial charge in [-0.2, -0.15) is 4.98 Å². The second-order valence-electron chi connectivity index (χ2n) is 4.25. The molecule has 2 aromatic heterocycles. The van der Waals surface area contributed by atoms with Crippen LogP contribution in [0.5, 0.6) is 0 Å². The van der Waals surface area contributed by atoms with Crippen molar-refractivity contribution >= 4 is 11.6 Å². The predicted molar refractivity (Wildman–Crippen MR) is 73.5 cm³/mol. The third-order valence-corrected chi connectivity index (χ3v) is 2.69. The zero-order valence-corrected chi connectivity index (χ0v) is 11.5. The van der Waals surface area contributed by atoms with Gasteiger partial charge < -0.3 is 15.2 Å². The third-order valence-electron chi connectivity index (χ3n) is 2.69. The van der Waals surface area contributed by atoms with Crippen molar-refractivity contribution in [3.63, 3.8) is 0 Å². The molecule has 0 aliphatic heterocycles. The Bertz CT molecular complexity index is 568. The fourth-order valence-corrected chi connectivity index (χ4v) is 1.76. The molecular formula is C13H17N5O2. The van der Waals surface area contributed by atoms with E-state index in [0.717, 1.165) is 17.9 Å². The fourth-order valence-electron chi connectivity index (χ4n) is 1.76. The highest BCUT2D eigenvalue weighted by Crippen LogP contribution is 2.15. The first-order valence-corrected chi connectivity index (χ1v) is 6.44. The van der Waals surface area contributed by atoms with Gasteiger partial charge >= 0.3 is 0 Å². The molecule has 0 aliphatic carbocycles. The SMILES string of the molecule is CCNc1cc(C)ncc1C(=O)NCCc1ncon1. The Hall–Kier alpha value is -2.44. The molecule has 7 heteroatoms. The maximum absolute atomic E-state index is 12.1. The molecule has 2 aromatic rings. The van der Waals surface area contributed by atoms with E-state index in [1.807, 2.05) is 19.9 Å². The summed E-state index contributed by atoms with van der Waals surface area (Å²) in [5.41, 5.74) is 2.19. The Balaban J connectivity index is 1.97. The van der Waals surface area contributed by atoms with Crippen LogP contribution >= 0.6 is 0 Å². The first-order chi connectivity index (χ1) is 9.70. The van der Waals surface area contributed by atoms with Gasteiger partial charge in [-0.1, -0.05) is 5.16 Å². The molecule has 2 heterocycles. The van der Waals surface area contributed by atoms with Gasteiger partial charge in [0, 0.05) is 31.4 Å². The Labute approximate surface area is 116 Å². The van der Waals surface area contributed by atoms with E-state index in [-0.39, 0.29) is 5.91 Å². The van der Waals surface area contributed by atoms with Gasteiger partial charge in [-0.25, -0.2) is 0 Å². The summed E-state index contributed by atoms with van der Waals surface area (Å²) < 4.78 is 4.63. The van der Waals surface area contributed by atoms with Crippen LogP contribution in [0.15, 0.2) is 23.2 Å². The van der Waals surface area contributed by atoms with E-state index in [1.165, 1.54) is 6.39 Å². The number of hydrogen-bond acceptors (Lipinski definition) is 6. The van der Waals surface area contributed by atoms with Gasteiger partial charge in [-0.15, -0.1) is 0 Å². The van der Waals surface area contributed by atoms with Crippen molar-refractivity contribution in [2.45, 2.75) is 20.3 Å². The van der Waals surface area contributed by atoms with E-state index in [0.29, 0.717) is 24.4 Å². The maximum atomic E-state index is 12.1. The molecule has 0 saturated heterocycles. The number of nitrogens with zero attached hydrogens (tertiary/aromatic N) is 3. The molecule has 106 valence electrons. The number of nitrogens with one attached hydrogen (secondary N) is 2. The van der Waals surface area contributed by atoms with E-state index < -0.39 is 0 Å². The Morgan fingerprint density at radius 3 is 2.95 bits per heavy atom. The maximum Gasteiger partial charge on any atom is 0.254 e. The Kier molecular flexibility index (Phi) is 4.65. The molecule has 0 unspecified atom stereocenters. The minimum absolute atomic E-state index is 0.169. The van der Waals surface area contributed by atoms with E-state index in [9.17, 15) is 4.79 Å². The summed E-state index contributed by atoms with van der Waals surface area (Å²) >= 11 is 0. The zero-order valence-electron chi connectivity index (χ0n) is 11.5. The van der Waals surface area contributed by atoms with E-state index >= 15 is 0 Å². The average Bonchev–Trinajstić information content (AvgIpc) is 2.92. The molecule has 0 saturated carbocycles. The second-order valence-corrected chi connectivity index (χ2v) is 4.25. The molecule has 1 amide bonds. The van der Waals surface area contributed by atoms with Crippen molar-refractivity contribution in [2.24, 2.45) is 0 Å². The molecule has 0 fully saturated rings. The van der Waals surface area contributed by atoms with Crippen LogP contribution in [0.2, 0.25) is 0 Å². The van der Waals surface area contributed by atoms with Gasteiger partial charge in [0.1, 0.15) is 0 Å². The number of aryl methyl sites for hydroxylation is 1. The molecule has 2 rings (SSSR count). The summed E-state index contributed by atoms with van der Waals surface area (Å²) in [6, 6.07) is 1.86. The lowest BCUT2D eigenvalue weighted by Gasteiger charge is -2.11. The van der Waals surface area contributed by atoms with E-state index in [4.69, 9.17) is 0 Å². The summed E-state index contributed by atoms with van der Waals surface area (Å²) in [6.45, 7) is 5.05. The normalized spacial score (nSPS) is 10.3. The second kappa shape index (κ2) is 6.65. The van der Waals surface area contributed by atoms with Crippen molar-refractivity contribution in [1.29, 1.82) is 0 Å². The van der Waals surface area contributed by atoms with Crippen LogP contribution in [0.1, 0.15) is 28.8 Å². The summed E-state index contributed by atoms with van der Waals surface area (Å²) in [6.07, 6.45) is 3.37. The topological polar surface area (TPSA) is 92.9 Å². The van der Waals surface area contributed by atoms with Crippen molar-refractivity contribution in [1.82, 2.24) is 20.4 Å². The van der Waals surface area contributed by atoms with Gasteiger partial charge in [0.25, 0.3) is 5.91 Å². The average molecular weight is 275 g/mol. The monoisotopic (exact) mass is 275 g/mol. The smallest absolute Gasteiger partial charge is 0.254 e. The number of aromatic nitrogens is 3. The largest absolute Gasteiger partial charge is 0.385 e. The Morgan fingerprint density at radius 2 is 2.25 bits per heavy atom. The molecule has 0 radical (unpaired) electrons. The molecule has 0 spiro atoms. The highest BCUT2D eigenvalue weighted by atomic mass is 16.5. The molecule has 2 N–H and O–H groups in total. The third kappa shape index (κ3) is 3.53. The Morgan fingerprint density at radius 1 is 1.40 bits per heavy atom. The van der Waals surface area contributed by atoms with Crippen LogP contribution in [-0.4, -0.2) is 34.1 Å². The first kappa shape index (κ1) is 14.0. The summed E-state index contributed by atoms with van der Waals surface area (Å²) in [7, 11) is 0. The van der Waals surface area contributed by atoms with Crippen LogP contribution < -0.4 is 10.6 Å². The first-order valence-electron chi connectivity index (χ1n) is 6.44. The van der Waals surface area contributed by atoms with Gasteiger partial charge in [0.2, 0.25) is 6.39 Å². The quantitative estimate of drug-likeness (QED) is 0.822. The molecule has 0 aromatic carbocycles. The van der Waals surface area contributed by atoms with Crippen LogP contribution in [-0.2, 0) is 6.42 Å². The van der Waals surface area contributed by atoms with Gasteiger partial charge in [-0.05, 0) is 19.9 Å². The van der Waals surface area contributed by atoms with Gasteiger partial charge in [-0.3, -0.25) is 9.78 Å². The molecule has 20 heavy (non-hydrogen) atoms. The lowest BCUT2D eigenvalue weighted by atomic mass is 10.2. The number of carbonyl (C=O) groups is 1. The summed E-state index contributed by atoms with van der Waals surface area (Å²) in [4.78, 5) is 20.2. The minimum Gasteiger partial charge on any atom is -0.385 e. The fraction of sp³-hybridized carbons (Fsp3) is 0.385. The lowest BCUT2D eigenvalue weighted by molar-refractivity contribution is 0.0954. The van der Waals surface area contributed by atoms with E-state index in [1.54, 1.807) is 6.20 Å². The number of carbonyl (C=O) groups excluding carboxylic acids is 1. The number of rotatable bonds is 6. The van der Waals surface area contributed by atoms with E-state index in [2.05, 4.69) is 30.3 Å². The van der Waals surface area contributed by atoms with Crippen LogP contribution in [0.25, 0.3) is 0 Å². The standard InChI is InChI=1S/C13H17N5O2/c1-3-14-11-6-9(2)16-7-10(11)13(19)15-5-4-12-17-8-20-18-12/h6-8H,3-5H2,1-2H3,(H,14,16)(H,15,19). The van der Waals surface area contributed by atoms with Crippen molar-refractivity contribution in [3.8, 4) is 0 Å². The molecule has 7 nitrogen and oxygen atoms in total. The summed E-state index contributed by atoms with van der Waals surface area (Å²) in [5, 5.41) is 9.66. The van der Waals surface area contributed by atoms with Gasteiger partial charge in [0.15, 0.2) is 5.82 Å². The molecule has 0 atom stereocenters. The number of pyridine rings is 1.